The highest BCUT2D eigenvalue weighted by Crippen LogP contribution is 2.30. The van der Waals surface area contributed by atoms with Gasteiger partial charge in [-0.2, -0.15) is 0 Å². The third-order valence-corrected chi connectivity index (χ3v) is 4.91. The number of halogens is 1. The molecule has 124 valence electrons. The molecule has 26 heavy (non-hydrogen) atoms. The molecular weight excluding hydrogens is 340 g/mol. The van der Waals surface area contributed by atoms with Crippen LogP contribution in [0, 0.1) is 0 Å². The summed E-state index contributed by atoms with van der Waals surface area (Å²) >= 11 is 6.15. The normalized spacial score (nSPS) is 11.3. The standard InChI is InChI=1S/C23H15ClN2/c24-19-10-11-22-18(14-19)12-13-26(22)23-20-9-5-4-8-17(20)15-21(25-23)16-6-2-1-3-7-16/h1-15H. The van der Waals surface area contributed by atoms with Crippen LogP contribution in [0.2, 0.25) is 5.02 Å². The lowest BCUT2D eigenvalue weighted by Crippen LogP contribution is -1.99. The predicted molar refractivity (Wildman–Crippen MR) is 109 cm³/mol. The van der Waals surface area contributed by atoms with Gasteiger partial charge in [0.25, 0.3) is 0 Å². The van der Waals surface area contributed by atoms with Crippen LogP contribution in [0.1, 0.15) is 0 Å². The number of nitrogens with zero attached hydrogens (tertiary/aromatic N) is 2. The summed E-state index contributed by atoms with van der Waals surface area (Å²) < 4.78 is 2.14. The highest BCUT2D eigenvalue weighted by molar-refractivity contribution is 6.31. The summed E-state index contributed by atoms with van der Waals surface area (Å²) in [6.45, 7) is 0. The Bertz CT molecular complexity index is 1240. The van der Waals surface area contributed by atoms with Gasteiger partial charge in [0.15, 0.2) is 0 Å². The molecule has 2 heterocycles. The third kappa shape index (κ3) is 2.47. The molecule has 5 rings (SSSR count). The SMILES string of the molecule is Clc1ccc2c(ccn2-c2nc(-c3ccccc3)cc3ccccc23)c1. The first kappa shape index (κ1) is 15.2. The van der Waals surface area contributed by atoms with Crippen molar-refractivity contribution < 1.29 is 0 Å². The molecule has 3 aromatic carbocycles. The van der Waals surface area contributed by atoms with E-state index in [0.29, 0.717) is 0 Å². The topological polar surface area (TPSA) is 17.8 Å². The summed E-state index contributed by atoms with van der Waals surface area (Å²) in [4.78, 5) is 5.02. The first-order valence-corrected chi connectivity index (χ1v) is 8.89. The average Bonchev–Trinajstić information content (AvgIpc) is 3.10. The van der Waals surface area contributed by atoms with Crippen LogP contribution in [-0.4, -0.2) is 9.55 Å². The number of pyridine rings is 1. The summed E-state index contributed by atoms with van der Waals surface area (Å²) in [5.41, 5.74) is 3.17. The number of hydrogen-bond donors (Lipinski definition) is 0. The van der Waals surface area contributed by atoms with Crippen LogP contribution in [0.25, 0.3) is 38.8 Å². The largest absolute Gasteiger partial charge is 0.301 e. The highest BCUT2D eigenvalue weighted by atomic mass is 35.5. The van der Waals surface area contributed by atoms with E-state index < -0.39 is 0 Å². The Kier molecular flexibility index (Phi) is 3.51. The van der Waals surface area contributed by atoms with Gasteiger partial charge in [-0.05, 0) is 35.7 Å². The first-order chi connectivity index (χ1) is 12.8. The Morgan fingerprint density at radius 2 is 1.54 bits per heavy atom. The molecule has 0 bridgehead atoms. The predicted octanol–water partition coefficient (Wildman–Crippen LogP) is 6.50. The monoisotopic (exact) mass is 354 g/mol. The van der Waals surface area contributed by atoms with E-state index in [0.717, 1.165) is 38.4 Å². The molecule has 5 aromatic rings. The van der Waals surface area contributed by atoms with E-state index in [4.69, 9.17) is 16.6 Å². The van der Waals surface area contributed by atoms with Crippen molar-refractivity contribution in [1.82, 2.24) is 9.55 Å². The van der Waals surface area contributed by atoms with Gasteiger partial charge < -0.3 is 4.57 Å². The van der Waals surface area contributed by atoms with Crippen LogP contribution >= 0.6 is 11.6 Å². The average molecular weight is 355 g/mol. The Labute approximate surface area is 156 Å². The zero-order valence-corrected chi connectivity index (χ0v) is 14.7. The lowest BCUT2D eigenvalue weighted by atomic mass is 10.1. The second-order valence-electron chi connectivity index (χ2n) is 6.31. The van der Waals surface area contributed by atoms with Gasteiger partial charge in [0.1, 0.15) is 5.82 Å². The van der Waals surface area contributed by atoms with E-state index >= 15 is 0 Å². The van der Waals surface area contributed by atoms with E-state index in [1.54, 1.807) is 0 Å². The van der Waals surface area contributed by atoms with Crippen molar-refractivity contribution in [2.45, 2.75) is 0 Å². The van der Waals surface area contributed by atoms with Gasteiger partial charge in [-0.15, -0.1) is 0 Å². The second kappa shape index (κ2) is 6.01. The fourth-order valence-corrected chi connectivity index (χ4v) is 3.60. The van der Waals surface area contributed by atoms with Crippen molar-refractivity contribution in [3.05, 3.63) is 96.1 Å². The summed E-state index contributed by atoms with van der Waals surface area (Å²) in [6, 6.07) is 28.8. The fraction of sp³-hybridized carbons (Fsp3) is 0. The molecule has 2 nitrogen and oxygen atoms in total. The minimum atomic E-state index is 0.742. The van der Waals surface area contributed by atoms with Crippen LogP contribution in [-0.2, 0) is 0 Å². The highest BCUT2D eigenvalue weighted by Gasteiger charge is 2.11. The van der Waals surface area contributed by atoms with Gasteiger partial charge in [-0.3, -0.25) is 0 Å². The van der Waals surface area contributed by atoms with Crippen molar-refractivity contribution in [3.63, 3.8) is 0 Å². The van der Waals surface area contributed by atoms with Crippen molar-refractivity contribution in [2.24, 2.45) is 0 Å². The van der Waals surface area contributed by atoms with Crippen LogP contribution in [0.4, 0.5) is 0 Å². The Morgan fingerprint density at radius 1 is 0.731 bits per heavy atom. The lowest BCUT2D eigenvalue weighted by Gasteiger charge is -2.12. The smallest absolute Gasteiger partial charge is 0.145 e. The molecule has 0 aliphatic rings. The zero-order chi connectivity index (χ0) is 17.5. The summed E-state index contributed by atoms with van der Waals surface area (Å²) in [6.07, 6.45) is 2.06. The molecule has 3 heteroatoms. The molecule has 0 aliphatic heterocycles. The van der Waals surface area contributed by atoms with Gasteiger partial charge in [0.2, 0.25) is 0 Å². The van der Waals surface area contributed by atoms with E-state index in [9.17, 15) is 0 Å². The van der Waals surface area contributed by atoms with E-state index in [2.05, 4.69) is 59.3 Å². The van der Waals surface area contributed by atoms with Crippen LogP contribution in [0.15, 0.2) is 91.1 Å². The first-order valence-electron chi connectivity index (χ1n) is 8.52. The molecule has 0 saturated carbocycles. The van der Waals surface area contributed by atoms with Crippen molar-refractivity contribution in [2.75, 3.05) is 0 Å². The number of fused-ring (bicyclic) bond motifs is 2. The van der Waals surface area contributed by atoms with E-state index in [-0.39, 0.29) is 0 Å². The second-order valence-corrected chi connectivity index (χ2v) is 6.74. The fourth-order valence-electron chi connectivity index (χ4n) is 3.42. The van der Waals surface area contributed by atoms with Gasteiger partial charge in [-0.1, -0.05) is 66.2 Å². The number of hydrogen-bond acceptors (Lipinski definition) is 1. The zero-order valence-electron chi connectivity index (χ0n) is 13.9. The van der Waals surface area contributed by atoms with Crippen molar-refractivity contribution in [1.29, 1.82) is 0 Å². The molecule has 2 aromatic heterocycles. The molecule has 0 atom stereocenters. The maximum Gasteiger partial charge on any atom is 0.145 e. The molecule has 0 N–H and O–H groups in total. The molecule has 0 amide bonds. The molecule has 0 aliphatic carbocycles. The summed E-state index contributed by atoms with van der Waals surface area (Å²) in [5.74, 6) is 0.930. The van der Waals surface area contributed by atoms with Gasteiger partial charge in [-0.25, -0.2) is 4.98 Å². The molecular formula is C23H15ClN2. The quantitative estimate of drug-likeness (QED) is 0.354. The maximum atomic E-state index is 6.15. The van der Waals surface area contributed by atoms with E-state index in [1.807, 2.05) is 36.4 Å². The minimum Gasteiger partial charge on any atom is -0.301 e. The number of aromatic nitrogens is 2. The Balaban J connectivity index is 1.83. The van der Waals surface area contributed by atoms with E-state index in [1.165, 1.54) is 5.39 Å². The van der Waals surface area contributed by atoms with Crippen LogP contribution < -0.4 is 0 Å². The van der Waals surface area contributed by atoms with Gasteiger partial charge in [0, 0.05) is 27.6 Å². The molecule has 0 fully saturated rings. The van der Waals surface area contributed by atoms with Gasteiger partial charge >= 0.3 is 0 Å². The minimum absolute atomic E-state index is 0.742. The summed E-state index contributed by atoms with van der Waals surface area (Å²) in [7, 11) is 0. The molecule has 0 saturated heterocycles. The van der Waals surface area contributed by atoms with Gasteiger partial charge in [0.05, 0.1) is 11.2 Å². The van der Waals surface area contributed by atoms with Crippen molar-refractivity contribution in [3.8, 4) is 17.1 Å². The Hall–Kier alpha value is -3.10. The summed E-state index contributed by atoms with van der Waals surface area (Å²) in [5, 5.41) is 4.14. The molecule has 0 unspecified atom stereocenters. The van der Waals surface area contributed by atoms with Crippen LogP contribution in [0.3, 0.4) is 0 Å². The number of rotatable bonds is 2. The molecule has 0 spiro atoms. The lowest BCUT2D eigenvalue weighted by molar-refractivity contribution is 1.06. The number of benzene rings is 3. The van der Waals surface area contributed by atoms with Crippen molar-refractivity contribution >= 4 is 33.3 Å². The maximum absolute atomic E-state index is 6.15. The molecule has 0 radical (unpaired) electrons. The Morgan fingerprint density at radius 3 is 2.42 bits per heavy atom. The van der Waals surface area contributed by atoms with Crippen LogP contribution in [0.5, 0.6) is 0 Å². The third-order valence-electron chi connectivity index (χ3n) is 4.67.